The fourth-order valence-corrected chi connectivity index (χ4v) is 2.15. The Balaban J connectivity index is 2.33. The average molecular weight is 228 g/mol. The predicted molar refractivity (Wildman–Crippen MR) is 67.3 cm³/mol. The molecular formula is C14H16N2O. The quantitative estimate of drug-likeness (QED) is 0.756. The van der Waals surface area contributed by atoms with Crippen molar-refractivity contribution in [1.29, 1.82) is 0 Å². The number of hydrogen-bond acceptors (Lipinski definition) is 2. The number of rotatable bonds is 3. The molecule has 3 heteroatoms. The molecule has 17 heavy (non-hydrogen) atoms. The van der Waals surface area contributed by atoms with Gasteiger partial charge < -0.3 is 0 Å². The maximum atomic E-state index is 10.9. The van der Waals surface area contributed by atoms with Gasteiger partial charge in [0.2, 0.25) is 0 Å². The Morgan fingerprint density at radius 2 is 1.88 bits per heavy atom. The lowest BCUT2D eigenvalue weighted by Gasteiger charge is -2.03. The summed E-state index contributed by atoms with van der Waals surface area (Å²) >= 11 is 0. The molecule has 2 aromatic rings. The van der Waals surface area contributed by atoms with Crippen molar-refractivity contribution in [2.24, 2.45) is 7.05 Å². The predicted octanol–water partition coefficient (Wildman–Crippen LogP) is 2.44. The third kappa shape index (κ3) is 2.61. The number of benzene rings is 1. The van der Waals surface area contributed by atoms with Crippen molar-refractivity contribution < 1.29 is 4.79 Å². The molecule has 1 aromatic heterocycles. The second-order valence-corrected chi connectivity index (χ2v) is 4.50. The van der Waals surface area contributed by atoms with Crippen LogP contribution in [0, 0.1) is 13.8 Å². The van der Waals surface area contributed by atoms with Gasteiger partial charge in [-0.05, 0) is 19.4 Å². The highest BCUT2D eigenvalue weighted by Gasteiger charge is 2.08. The minimum absolute atomic E-state index is 0.673. The first-order valence-corrected chi connectivity index (χ1v) is 5.63. The van der Waals surface area contributed by atoms with Gasteiger partial charge in [0.15, 0.2) is 6.29 Å². The molecule has 0 aliphatic carbocycles. The molecule has 1 aromatic carbocycles. The third-order valence-electron chi connectivity index (χ3n) is 2.72. The van der Waals surface area contributed by atoms with E-state index in [4.69, 9.17) is 0 Å². The van der Waals surface area contributed by atoms with Crippen LogP contribution in [0.25, 0.3) is 0 Å². The highest BCUT2D eigenvalue weighted by molar-refractivity contribution is 5.76. The molecule has 3 nitrogen and oxygen atoms in total. The summed E-state index contributed by atoms with van der Waals surface area (Å²) in [5.41, 5.74) is 5.19. The van der Waals surface area contributed by atoms with Crippen molar-refractivity contribution in [1.82, 2.24) is 9.78 Å². The van der Waals surface area contributed by atoms with Crippen LogP contribution >= 0.6 is 0 Å². The molecule has 88 valence electrons. The van der Waals surface area contributed by atoms with Crippen LogP contribution in [0.2, 0.25) is 0 Å². The normalized spacial score (nSPS) is 10.5. The van der Waals surface area contributed by atoms with Gasteiger partial charge >= 0.3 is 0 Å². The number of aryl methyl sites for hydroxylation is 3. The lowest BCUT2D eigenvalue weighted by molar-refractivity contribution is 0.112. The van der Waals surface area contributed by atoms with Crippen LogP contribution < -0.4 is 0 Å². The third-order valence-corrected chi connectivity index (χ3v) is 2.72. The summed E-state index contributed by atoms with van der Waals surface area (Å²) in [4.78, 5) is 10.9. The van der Waals surface area contributed by atoms with Gasteiger partial charge in [-0.1, -0.05) is 29.3 Å². The summed E-state index contributed by atoms with van der Waals surface area (Å²) in [7, 11) is 1.83. The first-order valence-electron chi connectivity index (χ1n) is 5.63. The molecule has 0 aliphatic rings. The smallest absolute Gasteiger partial charge is 0.153 e. The number of aromatic nitrogens is 2. The van der Waals surface area contributed by atoms with E-state index < -0.39 is 0 Å². The van der Waals surface area contributed by atoms with Crippen LogP contribution in [0.1, 0.15) is 32.7 Å². The van der Waals surface area contributed by atoms with Gasteiger partial charge in [-0.15, -0.1) is 0 Å². The number of carbonyl (C=O) groups excluding carboxylic acids is 1. The number of hydrogen-bond donors (Lipinski definition) is 0. The van der Waals surface area contributed by atoms with E-state index in [1.165, 1.54) is 16.7 Å². The highest BCUT2D eigenvalue weighted by Crippen LogP contribution is 2.14. The van der Waals surface area contributed by atoms with Crippen molar-refractivity contribution >= 4 is 6.29 Å². The lowest BCUT2D eigenvalue weighted by atomic mass is 10.0. The van der Waals surface area contributed by atoms with Crippen LogP contribution in [-0.4, -0.2) is 16.1 Å². The summed E-state index contributed by atoms with van der Waals surface area (Å²) in [5.74, 6) is 0. The fraction of sp³-hybridized carbons (Fsp3) is 0.286. The second kappa shape index (κ2) is 4.53. The number of nitrogens with zero attached hydrogens (tertiary/aromatic N) is 2. The number of carbonyl (C=O) groups is 1. The summed E-state index contributed by atoms with van der Waals surface area (Å²) in [6.45, 7) is 4.16. The zero-order valence-electron chi connectivity index (χ0n) is 10.4. The molecule has 0 amide bonds. The summed E-state index contributed by atoms with van der Waals surface area (Å²) in [5, 5.41) is 4.32. The van der Waals surface area contributed by atoms with Crippen LogP contribution in [0.3, 0.4) is 0 Å². The van der Waals surface area contributed by atoms with Gasteiger partial charge in [0.25, 0.3) is 0 Å². The molecule has 0 bridgehead atoms. The van der Waals surface area contributed by atoms with Crippen LogP contribution in [0.15, 0.2) is 24.4 Å². The van der Waals surface area contributed by atoms with Gasteiger partial charge in [0.05, 0.1) is 11.3 Å². The maximum absolute atomic E-state index is 10.9. The van der Waals surface area contributed by atoms with E-state index in [1.54, 1.807) is 10.9 Å². The standard InChI is InChI=1S/C14H16N2O/c1-10-4-11(2)6-12(5-10)7-14-13(9-17)8-16(3)15-14/h4-6,8-9H,7H2,1-3H3. The molecule has 0 saturated heterocycles. The molecule has 1 heterocycles. The molecule has 0 saturated carbocycles. The Morgan fingerprint density at radius 1 is 1.24 bits per heavy atom. The van der Waals surface area contributed by atoms with Crippen molar-refractivity contribution in [3.63, 3.8) is 0 Å². The van der Waals surface area contributed by atoms with E-state index >= 15 is 0 Å². The van der Waals surface area contributed by atoms with Gasteiger partial charge in [0, 0.05) is 19.7 Å². The molecule has 0 radical (unpaired) electrons. The molecular weight excluding hydrogens is 212 g/mol. The van der Waals surface area contributed by atoms with Gasteiger partial charge in [-0.2, -0.15) is 5.10 Å². The molecule has 0 fully saturated rings. The van der Waals surface area contributed by atoms with E-state index in [0.717, 1.165) is 12.0 Å². The molecule has 0 unspecified atom stereocenters. The van der Waals surface area contributed by atoms with Crippen LogP contribution in [0.5, 0.6) is 0 Å². The lowest BCUT2D eigenvalue weighted by Crippen LogP contribution is -1.96. The van der Waals surface area contributed by atoms with E-state index in [-0.39, 0.29) is 0 Å². The van der Waals surface area contributed by atoms with Gasteiger partial charge in [-0.25, -0.2) is 0 Å². The minimum Gasteiger partial charge on any atom is -0.298 e. The average Bonchev–Trinajstić information content (AvgIpc) is 2.57. The molecule has 0 N–H and O–H groups in total. The Hall–Kier alpha value is -1.90. The molecule has 0 spiro atoms. The zero-order chi connectivity index (χ0) is 12.4. The first kappa shape index (κ1) is 11.6. The topological polar surface area (TPSA) is 34.9 Å². The van der Waals surface area contributed by atoms with E-state index in [2.05, 4.69) is 37.1 Å². The Morgan fingerprint density at radius 3 is 2.47 bits per heavy atom. The monoisotopic (exact) mass is 228 g/mol. The van der Waals surface area contributed by atoms with Crippen molar-refractivity contribution in [2.75, 3.05) is 0 Å². The van der Waals surface area contributed by atoms with E-state index in [0.29, 0.717) is 12.0 Å². The second-order valence-electron chi connectivity index (χ2n) is 4.50. The Kier molecular flexibility index (Phi) is 3.09. The van der Waals surface area contributed by atoms with Gasteiger partial charge in [-0.3, -0.25) is 9.48 Å². The summed E-state index contributed by atoms with van der Waals surface area (Å²) < 4.78 is 1.68. The van der Waals surface area contributed by atoms with Crippen LogP contribution in [0.4, 0.5) is 0 Å². The molecule has 2 rings (SSSR count). The van der Waals surface area contributed by atoms with Gasteiger partial charge in [0.1, 0.15) is 0 Å². The fourth-order valence-electron chi connectivity index (χ4n) is 2.15. The van der Waals surface area contributed by atoms with E-state index in [9.17, 15) is 4.79 Å². The highest BCUT2D eigenvalue weighted by atomic mass is 16.1. The van der Waals surface area contributed by atoms with E-state index in [1.807, 2.05) is 7.05 Å². The Labute approximate surface area is 101 Å². The zero-order valence-corrected chi connectivity index (χ0v) is 10.4. The SMILES string of the molecule is Cc1cc(C)cc(Cc2nn(C)cc2C=O)c1. The maximum Gasteiger partial charge on any atom is 0.153 e. The van der Waals surface area contributed by atoms with Crippen molar-refractivity contribution in [3.05, 3.63) is 52.3 Å². The largest absolute Gasteiger partial charge is 0.298 e. The van der Waals surface area contributed by atoms with Crippen LogP contribution in [-0.2, 0) is 13.5 Å². The van der Waals surface area contributed by atoms with Crippen molar-refractivity contribution in [2.45, 2.75) is 20.3 Å². The molecule has 0 aliphatic heterocycles. The van der Waals surface area contributed by atoms with Crippen molar-refractivity contribution in [3.8, 4) is 0 Å². The molecule has 0 atom stereocenters. The summed E-state index contributed by atoms with van der Waals surface area (Å²) in [6, 6.07) is 6.41. The minimum atomic E-state index is 0.673. The first-order chi connectivity index (χ1) is 8.08. The Bertz CT molecular complexity index is 535. The number of aldehydes is 1. The summed E-state index contributed by atoms with van der Waals surface area (Å²) in [6.07, 6.45) is 3.33.